The van der Waals surface area contributed by atoms with Crippen LogP contribution in [0.5, 0.6) is 0 Å². The molecular weight excluding hydrogens is 269 g/mol. The molecule has 10 heavy (non-hydrogen) atoms. The number of rotatable bonds is 5. The summed E-state index contributed by atoms with van der Waals surface area (Å²) in [5.41, 5.74) is 0. The summed E-state index contributed by atoms with van der Waals surface area (Å²) in [6, 6.07) is 0. The number of hydrogen-bond donors (Lipinski definition) is 1. The molecule has 62 valence electrons. The summed E-state index contributed by atoms with van der Waals surface area (Å²) >= 11 is 1.79. The third-order valence-corrected chi connectivity index (χ3v) is 4.16. The number of ether oxygens (including phenoxy) is 1. The van der Waals surface area contributed by atoms with E-state index in [0.29, 0.717) is 13.2 Å². The second kappa shape index (κ2) is 5.28. The Morgan fingerprint density at radius 2 is 2.20 bits per heavy atom. The quantitative estimate of drug-likeness (QED) is 0.436. The van der Waals surface area contributed by atoms with E-state index in [0.717, 1.165) is 0 Å². The van der Waals surface area contributed by atoms with Crippen LogP contribution in [0.2, 0.25) is 0 Å². The van der Waals surface area contributed by atoms with Crippen molar-refractivity contribution in [2.45, 2.75) is 0 Å². The van der Waals surface area contributed by atoms with Crippen molar-refractivity contribution in [1.82, 2.24) is 4.72 Å². The van der Waals surface area contributed by atoms with Crippen molar-refractivity contribution in [3.8, 4) is 0 Å². The molecule has 0 aromatic carbocycles. The fourth-order valence-electron chi connectivity index (χ4n) is 0.338. The minimum absolute atomic E-state index is 0.0917. The van der Waals surface area contributed by atoms with E-state index in [-0.39, 0.29) is 3.76 Å². The minimum atomic E-state index is -3.04. The van der Waals surface area contributed by atoms with E-state index in [1.54, 1.807) is 22.6 Å². The van der Waals surface area contributed by atoms with E-state index in [1.807, 2.05) is 0 Å². The third-order valence-electron chi connectivity index (χ3n) is 0.772. The van der Waals surface area contributed by atoms with Gasteiger partial charge in [0.1, 0.15) is 3.76 Å². The summed E-state index contributed by atoms with van der Waals surface area (Å²) < 4.78 is 28.5. The Labute approximate surface area is 74.5 Å². The molecule has 0 aromatic rings. The van der Waals surface area contributed by atoms with Crippen molar-refractivity contribution in [2.24, 2.45) is 0 Å². The second-order valence-electron chi connectivity index (χ2n) is 1.61. The highest BCUT2D eigenvalue weighted by Crippen LogP contribution is 1.89. The van der Waals surface area contributed by atoms with Crippen LogP contribution in [0.15, 0.2) is 0 Å². The van der Waals surface area contributed by atoms with Crippen LogP contribution in [0.3, 0.4) is 0 Å². The zero-order valence-electron chi connectivity index (χ0n) is 5.63. The van der Waals surface area contributed by atoms with Gasteiger partial charge in [-0.3, -0.25) is 0 Å². The zero-order valence-corrected chi connectivity index (χ0v) is 8.61. The van der Waals surface area contributed by atoms with Crippen LogP contribution in [0, 0.1) is 0 Å². The van der Waals surface area contributed by atoms with Crippen LogP contribution < -0.4 is 4.72 Å². The molecule has 4 nitrogen and oxygen atoms in total. The molecule has 0 amide bonds. The highest BCUT2D eigenvalue weighted by molar-refractivity contribution is 14.1. The summed E-state index contributed by atoms with van der Waals surface area (Å²) in [5.74, 6) is 0. The van der Waals surface area contributed by atoms with Gasteiger partial charge in [-0.05, 0) is 0 Å². The highest BCUT2D eigenvalue weighted by Gasteiger charge is 2.04. The predicted octanol–water partition coefficient (Wildman–Crippen LogP) is -0.0553. The number of methoxy groups -OCH3 is 1. The Balaban J connectivity index is 3.49. The fraction of sp³-hybridized carbons (Fsp3) is 1.00. The van der Waals surface area contributed by atoms with Gasteiger partial charge in [-0.25, -0.2) is 13.1 Å². The van der Waals surface area contributed by atoms with Gasteiger partial charge in [0.15, 0.2) is 0 Å². The maximum absolute atomic E-state index is 10.7. The van der Waals surface area contributed by atoms with Gasteiger partial charge in [0.2, 0.25) is 10.0 Å². The van der Waals surface area contributed by atoms with Gasteiger partial charge >= 0.3 is 0 Å². The van der Waals surface area contributed by atoms with Crippen molar-refractivity contribution in [3.05, 3.63) is 0 Å². The van der Waals surface area contributed by atoms with Gasteiger partial charge in [-0.2, -0.15) is 0 Å². The summed E-state index contributed by atoms with van der Waals surface area (Å²) in [5, 5.41) is 0. The lowest BCUT2D eigenvalue weighted by atomic mass is 10.7. The number of alkyl halides is 1. The molecule has 0 rings (SSSR count). The fourth-order valence-corrected chi connectivity index (χ4v) is 1.47. The summed E-state index contributed by atoms with van der Waals surface area (Å²) in [6.07, 6.45) is 0. The SMILES string of the molecule is COCCNS(=O)(=O)CI. The van der Waals surface area contributed by atoms with Crippen molar-refractivity contribution in [3.63, 3.8) is 0 Å². The standard InChI is InChI=1S/C4H10INO3S/c1-9-3-2-6-10(7,8)4-5/h6H,2-4H2,1H3. The normalized spacial score (nSPS) is 11.8. The lowest BCUT2D eigenvalue weighted by Crippen LogP contribution is -2.27. The van der Waals surface area contributed by atoms with E-state index >= 15 is 0 Å². The first kappa shape index (κ1) is 10.6. The zero-order chi connectivity index (χ0) is 8.04. The van der Waals surface area contributed by atoms with Crippen molar-refractivity contribution >= 4 is 32.6 Å². The molecule has 0 aliphatic heterocycles. The lowest BCUT2D eigenvalue weighted by Gasteiger charge is -2.00. The molecule has 0 unspecified atom stereocenters. The maximum Gasteiger partial charge on any atom is 0.220 e. The molecule has 0 saturated heterocycles. The molecule has 0 aliphatic carbocycles. The minimum Gasteiger partial charge on any atom is -0.383 e. The van der Waals surface area contributed by atoms with Crippen LogP contribution in [0.1, 0.15) is 0 Å². The Hall–Kier alpha value is 0.600. The molecule has 0 saturated carbocycles. The smallest absolute Gasteiger partial charge is 0.220 e. The van der Waals surface area contributed by atoms with Gasteiger partial charge in [-0.15, -0.1) is 0 Å². The Kier molecular flexibility index (Phi) is 5.59. The summed E-state index contributed by atoms with van der Waals surface area (Å²) in [6.45, 7) is 0.762. The first-order valence-corrected chi connectivity index (χ1v) is 5.82. The number of hydrogen-bond acceptors (Lipinski definition) is 3. The molecule has 0 radical (unpaired) electrons. The average Bonchev–Trinajstić information content (AvgIpc) is 1.89. The maximum atomic E-state index is 10.7. The molecule has 0 aromatic heterocycles. The first-order chi connectivity index (χ1) is 4.62. The largest absolute Gasteiger partial charge is 0.383 e. The van der Waals surface area contributed by atoms with Crippen molar-refractivity contribution < 1.29 is 13.2 Å². The number of nitrogens with one attached hydrogen (secondary N) is 1. The van der Waals surface area contributed by atoms with E-state index in [4.69, 9.17) is 0 Å². The van der Waals surface area contributed by atoms with E-state index in [2.05, 4.69) is 9.46 Å². The van der Waals surface area contributed by atoms with Gasteiger partial charge in [-0.1, -0.05) is 22.6 Å². The molecule has 0 heterocycles. The van der Waals surface area contributed by atoms with Gasteiger partial charge in [0.25, 0.3) is 0 Å². The number of halogens is 1. The molecule has 0 aliphatic rings. The lowest BCUT2D eigenvalue weighted by molar-refractivity contribution is 0.204. The molecule has 0 fully saturated rings. The Morgan fingerprint density at radius 3 is 2.60 bits per heavy atom. The molecule has 0 bridgehead atoms. The van der Waals surface area contributed by atoms with E-state index in [9.17, 15) is 8.42 Å². The third kappa shape index (κ3) is 5.39. The van der Waals surface area contributed by atoms with Crippen molar-refractivity contribution in [1.29, 1.82) is 0 Å². The van der Waals surface area contributed by atoms with Crippen LogP contribution >= 0.6 is 22.6 Å². The molecule has 1 N–H and O–H groups in total. The monoisotopic (exact) mass is 279 g/mol. The average molecular weight is 279 g/mol. The van der Waals surface area contributed by atoms with Gasteiger partial charge in [0.05, 0.1) is 6.61 Å². The van der Waals surface area contributed by atoms with Crippen LogP contribution in [-0.4, -0.2) is 32.4 Å². The summed E-state index contributed by atoms with van der Waals surface area (Å²) in [4.78, 5) is 0. The molecule has 6 heteroatoms. The molecule has 0 atom stereocenters. The molecular formula is C4H10INO3S. The van der Waals surface area contributed by atoms with Crippen LogP contribution in [0.4, 0.5) is 0 Å². The Morgan fingerprint density at radius 1 is 1.60 bits per heavy atom. The van der Waals surface area contributed by atoms with E-state index < -0.39 is 10.0 Å². The first-order valence-electron chi connectivity index (χ1n) is 2.64. The van der Waals surface area contributed by atoms with Gasteiger partial charge in [0, 0.05) is 13.7 Å². The van der Waals surface area contributed by atoms with Crippen molar-refractivity contribution in [2.75, 3.05) is 24.0 Å². The topological polar surface area (TPSA) is 55.4 Å². The predicted molar refractivity (Wildman–Crippen MR) is 47.7 cm³/mol. The van der Waals surface area contributed by atoms with E-state index in [1.165, 1.54) is 7.11 Å². The Bertz CT molecular complexity index is 167. The highest BCUT2D eigenvalue weighted by atomic mass is 127. The van der Waals surface area contributed by atoms with Gasteiger partial charge < -0.3 is 4.74 Å². The van der Waals surface area contributed by atoms with Crippen LogP contribution in [-0.2, 0) is 14.8 Å². The number of sulfonamides is 1. The van der Waals surface area contributed by atoms with Crippen LogP contribution in [0.25, 0.3) is 0 Å². The molecule has 0 spiro atoms. The summed E-state index contributed by atoms with van der Waals surface area (Å²) in [7, 11) is -1.51. The second-order valence-corrected chi connectivity index (χ2v) is 5.22.